The molecular formula is C58H71N11O16. The van der Waals surface area contributed by atoms with Crippen molar-refractivity contribution in [1.29, 1.82) is 0 Å². The number of primary amides is 1. The fourth-order valence-electron chi connectivity index (χ4n) is 10.6. The predicted octanol–water partition coefficient (Wildman–Crippen LogP) is 5.99. The Bertz CT molecular complexity index is 3200. The summed E-state index contributed by atoms with van der Waals surface area (Å²) in [6.07, 6.45) is -0.574. The highest BCUT2D eigenvalue weighted by molar-refractivity contribution is 6.07. The maximum absolute atomic E-state index is 14.3. The number of urea groups is 1. The second-order valence-electron chi connectivity index (χ2n) is 21.0. The quantitative estimate of drug-likeness (QED) is 0.0313. The average Bonchev–Trinajstić information content (AvgIpc) is 2.13. The van der Waals surface area contributed by atoms with E-state index < -0.39 is 78.7 Å². The van der Waals surface area contributed by atoms with Crippen molar-refractivity contribution in [2.45, 2.75) is 102 Å². The van der Waals surface area contributed by atoms with Crippen LogP contribution >= 0.6 is 0 Å². The van der Waals surface area contributed by atoms with E-state index in [1.165, 1.54) is 59.0 Å². The van der Waals surface area contributed by atoms with Crippen LogP contribution in [0.2, 0.25) is 0 Å². The first kappa shape index (κ1) is 61.7. The molecule has 0 spiro atoms. The van der Waals surface area contributed by atoms with Crippen LogP contribution in [-0.4, -0.2) is 160 Å². The van der Waals surface area contributed by atoms with Gasteiger partial charge in [0.25, 0.3) is 11.8 Å². The van der Waals surface area contributed by atoms with Crippen molar-refractivity contribution in [1.82, 2.24) is 35.4 Å². The van der Waals surface area contributed by atoms with Gasteiger partial charge in [0.05, 0.1) is 74.3 Å². The van der Waals surface area contributed by atoms with Gasteiger partial charge < -0.3 is 75.2 Å². The summed E-state index contributed by atoms with van der Waals surface area (Å²) in [5, 5.41) is 50.0. The van der Waals surface area contributed by atoms with Crippen LogP contribution in [0.25, 0.3) is 0 Å². The molecule has 27 nitrogen and oxygen atoms in total. The molecule has 454 valence electrons. The van der Waals surface area contributed by atoms with Crippen molar-refractivity contribution in [3.63, 3.8) is 0 Å². The van der Waals surface area contributed by atoms with Gasteiger partial charge in [-0.3, -0.25) is 14.4 Å². The highest BCUT2D eigenvalue weighted by Crippen LogP contribution is 2.44. The number of aliphatic hydroxyl groups is 2. The van der Waals surface area contributed by atoms with Crippen molar-refractivity contribution in [2.24, 2.45) is 11.7 Å². The second kappa shape index (κ2) is 27.3. The number of benzene rings is 3. The molecule has 3 aromatic carbocycles. The number of aromatic nitrogens is 3. The maximum Gasteiger partial charge on any atom is 0.416 e. The van der Waals surface area contributed by atoms with Gasteiger partial charge in [-0.25, -0.2) is 33.7 Å². The number of carbonyl (C=O) groups is 7. The minimum atomic E-state index is -1.62. The largest absolute Gasteiger partial charge is 0.493 e. The Morgan fingerprint density at radius 1 is 0.835 bits per heavy atom. The molecule has 8 N–H and O–H groups in total. The lowest BCUT2D eigenvalue weighted by Crippen LogP contribution is -2.51. The highest BCUT2D eigenvalue weighted by Gasteiger charge is 2.48. The van der Waals surface area contributed by atoms with Crippen LogP contribution in [0.4, 0.5) is 36.2 Å². The van der Waals surface area contributed by atoms with Gasteiger partial charge >= 0.3 is 24.3 Å². The number of ether oxygens (including phenoxy) is 6. The molecule has 0 radical (unpaired) electrons. The molecule has 4 aliphatic rings. The number of nitrogens with two attached hydrogens (primary N) is 1. The fraction of sp³-hybridized carbons (Fsp3) is 0.431. The number of rotatable bonds is 24. The van der Waals surface area contributed by atoms with Crippen LogP contribution < -0.4 is 50.4 Å². The smallest absolute Gasteiger partial charge is 0.416 e. The van der Waals surface area contributed by atoms with E-state index >= 15 is 0 Å². The van der Waals surface area contributed by atoms with Crippen molar-refractivity contribution in [2.75, 3.05) is 68.8 Å². The van der Waals surface area contributed by atoms with Gasteiger partial charge in [0.15, 0.2) is 35.5 Å². The Labute approximate surface area is 489 Å². The van der Waals surface area contributed by atoms with E-state index in [-0.39, 0.29) is 110 Å². The number of alkyl carbamates (subject to hydrolysis) is 1. The minimum absolute atomic E-state index is 0.00426. The summed E-state index contributed by atoms with van der Waals surface area (Å²) in [5.41, 5.74) is 7.79. The van der Waals surface area contributed by atoms with Gasteiger partial charge in [-0.1, -0.05) is 62.6 Å². The molecule has 8 amide bonds. The third kappa shape index (κ3) is 13.8. The molecule has 85 heavy (non-hydrogen) atoms. The molecule has 0 bridgehead atoms. The molecule has 5 heterocycles. The minimum Gasteiger partial charge on any atom is -0.493 e. The maximum atomic E-state index is 14.3. The Hall–Kier alpha value is -9.37. The number of fused-ring (bicyclic) bond motifs is 4. The molecule has 2 fully saturated rings. The topological polar surface area (TPSA) is 341 Å². The zero-order chi connectivity index (χ0) is 61.2. The second-order valence-corrected chi connectivity index (χ2v) is 21.0. The summed E-state index contributed by atoms with van der Waals surface area (Å²) in [5.74, 6) is -0.839. The standard InChI is InChI=1S/C58H71N11O16/c1-8-21-84-56(76)62-48(32(2)3)39-30-67(64-63-39)40(13-12-19-60-55(59)75)50(70)61-36-16-14-35(15-17-36)31-85-58(79)69-42-28-47(45(81-7)26-38(42)51(71)65-20-18-34(5)49(65)54(69)74)83-23-11-9-10-22-82-46-27-41-37(25-44(46)80-6)52(72)66-29-33(4)24-43(66)53(73)68(41)57(77)78/h8,14-17,25-28,30,32,40,43,48-49,53-54,73-74H,1,4-5,9-13,18-24,29,31H2,2-3,6-7H3,(H,61,70)(H,62,76)(H,77,78)(H3,59,60,75)/t40-,43-,48-,49-,53-,54-/m0/s1. The first-order chi connectivity index (χ1) is 40.7. The molecule has 6 atom stereocenters. The number of nitrogens with one attached hydrogen (secondary N) is 3. The van der Waals surface area contributed by atoms with Crippen molar-refractivity contribution >= 4 is 59.1 Å². The molecule has 4 aliphatic heterocycles. The lowest BCUT2D eigenvalue weighted by molar-refractivity contribution is -0.119. The first-order valence-corrected chi connectivity index (χ1v) is 27.6. The lowest BCUT2D eigenvalue weighted by Gasteiger charge is -2.32. The summed E-state index contributed by atoms with van der Waals surface area (Å²) in [7, 11) is 2.80. The number of nitrogens with zero attached hydrogens (tertiary/aromatic N) is 7. The SMILES string of the molecule is C=CCOC(=O)N[C@H](c1cn([C@@H](CCCNC(N)=O)C(=O)Nc2ccc(COC(=O)N3c4cc(OCCCCCOc5cc6c(cc5OC)C(=O)N5CC(=C)C[C@H]5[C@H](O)N6C(=O)O)c(OC)cc4C(=O)N4CCC(=C)[C@H]4[C@@H]3O)cc2)nn1)C(C)C. The van der Waals surface area contributed by atoms with Crippen LogP contribution in [0, 0.1) is 5.92 Å². The van der Waals surface area contributed by atoms with E-state index in [1.54, 1.807) is 30.5 Å². The van der Waals surface area contributed by atoms with Crippen molar-refractivity contribution < 1.29 is 77.3 Å². The lowest BCUT2D eigenvalue weighted by atomic mass is 10.0. The summed E-state index contributed by atoms with van der Waals surface area (Å²) >= 11 is 0. The zero-order valence-electron chi connectivity index (χ0n) is 47.7. The molecule has 4 aromatic rings. The van der Waals surface area contributed by atoms with Crippen LogP contribution in [0.15, 0.2) is 91.7 Å². The average molecular weight is 1180 g/mol. The number of methoxy groups -OCH3 is 2. The summed E-state index contributed by atoms with van der Waals surface area (Å²) in [6, 6.07) is 8.10. The van der Waals surface area contributed by atoms with E-state index in [9.17, 15) is 48.9 Å². The molecule has 0 saturated carbocycles. The van der Waals surface area contributed by atoms with E-state index in [0.717, 1.165) is 9.80 Å². The number of carbonyl (C=O) groups excluding carboxylic acids is 6. The number of anilines is 3. The normalized spacial score (nSPS) is 18.7. The monoisotopic (exact) mass is 1180 g/mol. The van der Waals surface area contributed by atoms with Crippen LogP contribution in [0.5, 0.6) is 23.0 Å². The molecule has 1 aromatic heterocycles. The molecule has 27 heteroatoms. The third-order valence-corrected chi connectivity index (χ3v) is 14.9. The molecule has 2 saturated heterocycles. The van der Waals surface area contributed by atoms with E-state index in [0.29, 0.717) is 60.2 Å². The van der Waals surface area contributed by atoms with Gasteiger partial charge in [-0.05, 0) is 86.3 Å². The van der Waals surface area contributed by atoms with Gasteiger partial charge in [0, 0.05) is 37.5 Å². The summed E-state index contributed by atoms with van der Waals surface area (Å²) in [6.45, 7) is 15.9. The Morgan fingerprint density at radius 2 is 1.47 bits per heavy atom. The first-order valence-electron chi connectivity index (χ1n) is 27.6. The molecule has 0 unspecified atom stereocenters. The van der Waals surface area contributed by atoms with Gasteiger partial charge in [-0.15, -0.1) is 5.10 Å². The van der Waals surface area contributed by atoms with Crippen molar-refractivity contribution in [3.8, 4) is 23.0 Å². The van der Waals surface area contributed by atoms with E-state index in [4.69, 9.17) is 34.2 Å². The number of carboxylic acid groups (broad SMARTS) is 1. The fourth-order valence-corrected chi connectivity index (χ4v) is 10.6. The molecular weight excluding hydrogens is 1110 g/mol. The number of aliphatic hydroxyl groups excluding tert-OH is 2. The summed E-state index contributed by atoms with van der Waals surface area (Å²) in [4.78, 5) is 97.1. The number of hydrogen-bond acceptors (Lipinski definition) is 17. The third-order valence-electron chi connectivity index (χ3n) is 14.9. The van der Waals surface area contributed by atoms with Crippen molar-refractivity contribution in [3.05, 3.63) is 114 Å². The molecule has 8 rings (SSSR count). The van der Waals surface area contributed by atoms with Gasteiger partial charge in [-0.2, -0.15) is 0 Å². The Balaban J connectivity index is 0.914. The van der Waals surface area contributed by atoms with Crippen LogP contribution in [-0.2, 0) is 20.9 Å². The Morgan fingerprint density at radius 3 is 2.07 bits per heavy atom. The van der Waals surface area contributed by atoms with Crippen LogP contribution in [0.1, 0.15) is 103 Å². The predicted molar refractivity (Wildman–Crippen MR) is 306 cm³/mol. The number of unbranched alkanes of at least 4 members (excludes halogenated alkanes) is 2. The highest BCUT2D eigenvalue weighted by atomic mass is 16.6. The van der Waals surface area contributed by atoms with Gasteiger partial charge in [0.1, 0.15) is 24.9 Å². The summed E-state index contributed by atoms with van der Waals surface area (Å²) < 4.78 is 35.8. The molecule has 0 aliphatic carbocycles. The van der Waals surface area contributed by atoms with E-state index in [2.05, 4.69) is 46.0 Å². The van der Waals surface area contributed by atoms with E-state index in [1.807, 2.05) is 13.8 Å². The Kier molecular flexibility index (Phi) is 19.9. The van der Waals surface area contributed by atoms with Crippen LogP contribution in [0.3, 0.4) is 0 Å². The number of hydrogen-bond donors (Lipinski definition) is 7. The van der Waals surface area contributed by atoms with Gasteiger partial charge in [0.2, 0.25) is 5.91 Å². The zero-order valence-corrected chi connectivity index (χ0v) is 47.7. The number of amides is 8.